The predicted molar refractivity (Wildman–Crippen MR) is 80.0 cm³/mol. The Morgan fingerprint density at radius 1 is 1.33 bits per heavy atom. The third-order valence-electron chi connectivity index (χ3n) is 3.10. The first-order valence-corrected chi connectivity index (χ1v) is 7.00. The Hall–Kier alpha value is -1.07. The van der Waals surface area contributed by atoms with Gasteiger partial charge in [-0.1, -0.05) is 50.0 Å². The van der Waals surface area contributed by atoms with Gasteiger partial charge in [0.25, 0.3) is 0 Å². The highest BCUT2D eigenvalue weighted by atomic mass is 32.2. The number of carbonyl (C=O) groups is 1. The van der Waals surface area contributed by atoms with Gasteiger partial charge in [0.15, 0.2) is 0 Å². The molecule has 3 N–H and O–H groups in total. The molecule has 0 aliphatic carbocycles. The van der Waals surface area contributed by atoms with Gasteiger partial charge < -0.3 is 10.8 Å². The number of benzene rings is 1. The first-order valence-electron chi connectivity index (χ1n) is 5.77. The Balaban J connectivity index is 3.13. The van der Waals surface area contributed by atoms with Crippen molar-refractivity contribution >= 4 is 34.3 Å². The number of carboxylic acid groups (broad SMARTS) is 1. The maximum atomic E-state index is 10.8. The van der Waals surface area contributed by atoms with Crippen molar-refractivity contribution < 1.29 is 9.90 Å². The van der Waals surface area contributed by atoms with Crippen molar-refractivity contribution in [1.82, 2.24) is 0 Å². The molecule has 0 aliphatic rings. The van der Waals surface area contributed by atoms with Gasteiger partial charge in [0.2, 0.25) is 0 Å². The van der Waals surface area contributed by atoms with Crippen LogP contribution in [0.1, 0.15) is 42.6 Å². The van der Waals surface area contributed by atoms with E-state index >= 15 is 0 Å². The number of rotatable bonds is 5. The average molecular weight is 283 g/mol. The predicted octanol–water partition coefficient (Wildman–Crippen LogP) is 3.38. The lowest BCUT2D eigenvalue weighted by Crippen LogP contribution is -2.24. The molecule has 0 heterocycles. The highest BCUT2D eigenvalue weighted by molar-refractivity contribution is 8.23. The topological polar surface area (TPSA) is 63.3 Å². The second-order valence-electron chi connectivity index (χ2n) is 4.00. The minimum absolute atomic E-state index is 0.164. The Bertz CT molecular complexity index is 439. The van der Waals surface area contributed by atoms with Crippen LogP contribution in [0.2, 0.25) is 0 Å². The molecule has 1 aromatic rings. The van der Waals surface area contributed by atoms with Gasteiger partial charge in [-0.05, 0) is 30.5 Å². The van der Waals surface area contributed by atoms with E-state index in [0.717, 1.165) is 18.4 Å². The van der Waals surface area contributed by atoms with E-state index in [1.807, 2.05) is 12.1 Å². The van der Waals surface area contributed by atoms with Crippen LogP contribution in [0.25, 0.3) is 0 Å². The molecule has 0 spiro atoms. The molecule has 0 fully saturated rings. The van der Waals surface area contributed by atoms with Crippen LogP contribution < -0.4 is 5.73 Å². The molecule has 0 amide bonds. The molecule has 0 bridgehead atoms. The summed E-state index contributed by atoms with van der Waals surface area (Å²) in [6.45, 7) is 4.17. The van der Waals surface area contributed by atoms with E-state index in [-0.39, 0.29) is 4.75 Å². The molecule has 3 nitrogen and oxygen atoms in total. The number of thiocarbonyl (C=S) groups is 1. The van der Waals surface area contributed by atoms with Gasteiger partial charge in [0.05, 0.1) is 5.56 Å². The summed E-state index contributed by atoms with van der Waals surface area (Å²) in [5, 5.41) is 8.89. The van der Waals surface area contributed by atoms with E-state index in [0.29, 0.717) is 9.88 Å². The molecular weight excluding hydrogens is 266 g/mol. The number of hydrogen-bond acceptors (Lipinski definition) is 3. The minimum atomic E-state index is -0.915. The van der Waals surface area contributed by atoms with Crippen LogP contribution in [0.4, 0.5) is 0 Å². The van der Waals surface area contributed by atoms with Gasteiger partial charge in [0, 0.05) is 4.75 Å². The van der Waals surface area contributed by atoms with Crippen molar-refractivity contribution in [2.45, 2.75) is 31.4 Å². The van der Waals surface area contributed by atoms with Crippen LogP contribution >= 0.6 is 24.0 Å². The molecule has 0 unspecified atom stereocenters. The monoisotopic (exact) mass is 283 g/mol. The van der Waals surface area contributed by atoms with Crippen LogP contribution in [0.5, 0.6) is 0 Å². The summed E-state index contributed by atoms with van der Waals surface area (Å²) in [4.78, 5) is 10.8. The molecule has 0 aliphatic heterocycles. The largest absolute Gasteiger partial charge is 0.478 e. The highest BCUT2D eigenvalue weighted by Gasteiger charge is 2.30. The summed E-state index contributed by atoms with van der Waals surface area (Å²) in [7, 11) is 0. The summed E-state index contributed by atoms with van der Waals surface area (Å²) in [6, 6.07) is 6.94. The summed E-state index contributed by atoms with van der Waals surface area (Å²) < 4.78 is 0.254. The number of carboxylic acids is 1. The van der Waals surface area contributed by atoms with Crippen LogP contribution in [0.15, 0.2) is 24.3 Å². The highest BCUT2D eigenvalue weighted by Crippen LogP contribution is 2.42. The molecule has 0 radical (unpaired) electrons. The second kappa shape index (κ2) is 6.20. The normalized spacial score (nSPS) is 11.2. The van der Waals surface area contributed by atoms with Gasteiger partial charge in [-0.2, -0.15) is 0 Å². The molecule has 0 atom stereocenters. The molecule has 1 aromatic carbocycles. The lowest BCUT2D eigenvalue weighted by Gasteiger charge is -2.31. The van der Waals surface area contributed by atoms with E-state index in [4.69, 9.17) is 23.1 Å². The lowest BCUT2D eigenvalue weighted by atomic mass is 9.92. The molecule has 0 saturated carbocycles. The van der Waals surface area contributed by atoms with Gasteiger partial charge in [-0.25, -0.2) is 4.79 Å². The van der Waals surface area contributed by atoms with Gasteiger partial charge >= 0.3 is 5.97 Å². The molecule has 0 saturated heterocycles. The van der Waals surface area contributed by atoms with Crippen LogP contribution in [0.3, 0.4) is 0 Å². The van der Waals surface area contributed by atoms with Crippen LogP contribution in [0, 0.1) is 0 Å². The third-order valence-corrected chi connectivity index (χ3v) is 4.75. The van der Waals surface area contributed by atoms with Gasteiger partial charge in [-0.3, -0.25) is 0 Å². The van der Waals surface area contributed by atoms with Crippen molar-refractivity contribution in [3.8, 4) is 0 Å². The summed E-state index contributed by atoms with van der Waals surface area (Å²) in [5.41, 5.74) is 7.00. The summed E-state index contributed by atoms with van der Waals surface area (Å²) >= 11 is 6.47. The standard InChI is InChI=1S/C13H17NO2S2/c1-3-13(4-2,18-12(14)17)10-7-5-9(6-8-10)11(15)16/h5-8H,3-4H2,1-2H3,(H2,14,17)(H,15,16). The lowest BCUT2D eigenvalue weighted by molar-refractivity contribution is 0.0697. The number of hydrogen-bond donors (Lipinski definition) is 2. The molecule has 18 heavy (non-hydrogen) atoms. The van der Waals surface area contributed by atoms with E-state index in [1.54, 1.807) is 12.1 Å². The number of aromatic carboxylic acids is 1. The zero-order chi connectivity index (χ0) is 13.8. The smallest absolute Gasteiger partial charge is 0.335 e. The molecule has 5 heteroatoms. The van der Waals surface area contributed by atoms with Gasteiger partial charge in [-0.15, -0.1) is 0 Å². The fourth-order valence-corrected chi connectivity index (χ4v) is 3.38. The zero-order valence-corrected chi connectivity index (χ0v) is 12.1. The van der Waals surface area contributed by atoms with Crippen molar-refractivity contribution in [3.63, 3.8) is 0 Å². The third kappa shape index (κ3) is 3.23. The first-order chi connectivity index (χ1) is 8.45. The zero-order valence-electron chi connectivity index (χ0n) is 10.5. The number of nitrogens with two attached hydrogens (primary N) is 1. The van der Waals surface area contributed by atoms with Crippen LogP contribution in [-0.2, 0) is 4.75 Å². The maximum absolute atomic E-state index is 10.8. The maximum Gasteiger partial charge on any atom is 0.335 e. The van der Waals surface area contributed by atoms with Crippen molar-refractivity contribution in [1.29, 1.82) is 0 Å². The summed E-state index contributed by atoms with van der Waals surface area (Å²) in [6.07, 6.45) is 1.77. The second-order valence-corrected chi connectivity index (χ2v) is 6.13. The molecule has 98 valence electrons. The Morgan fingerprint density at radius 3 is 2.17 bits per heavy atom. The molecular formula is C13H17NO2S2. The average Bonchev–Trinajstić information content (AvgIpc) is 2.36. The molecule has 0 aromatic heterocycles. The van der Waals surface area contributed by atoms with E-state index in [1.165, 1.54) is 11.8 Å². The van der Waals surface area contributed by atoms with E-state index in [2.05, 4.69) is 13.8 Å². The Kier molecular flexibility index (Phi) is 5.16. The van der Waals surface area contributed by atoms with E-state index in [9.17, 15) is 4.79 Å². The number of thioether (sulfide) groups is 1. The van der Waals surface area contributed by atoms with E-state index < -0.39 is 5.97 Å². The quantitative estimate of drug-likeness (QED) is 0.811. The first kappa shape index (κ1) is 15.0. The van der Waals surface area contributed by atoms with Crippen molar-refractivity contribution in [2.24, 2.45) is 5.73 Å². The Labute approximate surface area is 117 Å². The van der Waals surface area contributed by atoms with Crippen molar-refractivity contribution in [2.75, 3.05) is 0 Å². The summed E-state index contributed by atoms with van der Waals surface area (Å²) in [5.74, 6) is -0.915. The van der Waals surface area contributed by atoms with Crippen molar-refractivity contribution in [3.05, 3.63) is 35.4 Å². The molecule has 1 rings (SSSR count). The minimum Gasteiger partial charge on any atom is -0.478 e. The Morgan fingerprint density at radius 2 is 1.83 bits per heavy atom. The van der Waals surface area contributed by atoms with Gasteiger partial charge in [0.1, 0.15) is 4.32 Å². The fraction of sp³-hybridized carbons (Fsp3) is 0.385. The SMILES string of the molecule is CCC(CC)(SC(N)=S)c1ccc(C(=O)O)cc1. The van der Waals surface area contributed by atoms with Crippen LogP contribution in [-0.4, -0.2) is 15.4 Å². The fourth-order valence-electron chi connectivity index (χ4n) is 1.97.